The maximum Gasteiger partial charge on any atom is 0.243 e. The molecule has 0 radical (unpaired) electrons. The third kappa shape index (κ3) is 5.31. The topological polar surface area (TPSA) is 66.5 Å². The summed E-state index contributed by atoms with van der Waals surface area (Å²) in [5, 5.41) is 2.79. The van der Waals surface area contributed by atoms with Gasteiger partial charge in [0.05, 0.1) is 11.4 Å². The molecule has 0 atom stereocenters. The van der Waals surface area contributed by atoms with Crippen molar-refractivity contribution >= 4 is 21.6 Å². The Morgan fingerprint density at radius 2 is 1.63 bits per heavy atom. The van der Waals surface area contributed by atoms with Crippen LogP contribution in [0.15, 0.2) is 77.7 Å². The molecular formula is C23H23FN2O3S. The van der Waals surface area contributed by atoms with E-state index in [1.54, 1.807) is 18.2 Å². The molecule has 3 aromatic carbocycles. The quantitative estimate of drug-likeness (QED) is 0.614. The van der Waals surface area contributed by atoms with Gasteiger partial charge in [-0.05, 0) is 60.9 Å². The standard InChI is InChI=1S/C23H23FN2O3S/c1-17-8-9-18(2)22(14-17)25-23(27)16-26(15-19-10-12-20(24)13-11-19)30(28,29)21-6-4-3-5-7-21/h3-14H,15-16H2,1-2H3,(H,25,27). The Morgan fingerprint density at radius 1 is 0.967 bits per heavy atom. The van der Waals surface area contributed by atoms with Gasteiger partial charge in [-0.2, -0.15) is 4.31 Å². The smallest absolute Gasteiger partial charge is 0.243 e. The van der Waals surface area contributed by atoms with Crippen LogP contribution in [-0.2, 0) is 21.4 Å². The lowest BCUT2D eigenvalue weighted by atomic mass is 10.1. The molecule has 0 aromatic heterocycles. The van der Waals surface area contributed by atoms with Gasteiger partial charge in [0.1, 0.15) is 5.82 Å². The molecule has 30 heavy (non-hydrogen) atoms. The summed E-state index contributed by atoms with van der Waals surface area (Å²) < 4.78 is 40.7. The van der Waals surface area contributed by atoms with Gasteiger partial charge in [-0.15, -0.1) is 0 Å². The Bertz CT molecular complexity index is 1130. The van der Waals surface area contributed by atoms with E-state index in [-0.39, 0.29) is 18.0 Å². The van der Waals surface area contributed by atoms with E-state index >= 15 is 0 Å². The molecule has 0 aliphatic rings. The number of carbonyl (C=O) groups is 1. The first-order valence-electron chi connectivity index (χ1n) is 9.42. The number of nitrogens with one attached hydrogen (secondary N) is 1. The second-order valence-electron chi connectivity index (χ2n) is 7.08. The number of amides is 1. The summed E-state index contributed by atoms with van der Waals surface area (Å²) in [5.74, 6) is -0.866. The number of aryl methyl sites for hydroxylation is 2. The van der Waals surface area contributed by atoms with Crippen LogP contribution in [0.4, 0.5) is 10.1 Å². The monoisotopic (exact) mass is 426 g/mol. The molecule has 0 aliphatic heterocycles. The third-order valence-corrected chi connectivity index (χ3v) is 6.45. The number of hydrogen-bond acceptors (Lipinski definition) is 3. The molecule has 1 N–H and O–H groups in total. The Hall–Kier alpha value is -3.03. The van der Waals surface area contributed by atoms with Crippen LogP contribution >= 0.6 is 0 Å². The summed E-state index contributed by atoms with van der Waals surface area (Å²) >= 11 is 0. The van der Waals surface area contributed by atoms with Gasteiger partial charge in [0.25, 0.3) is 0 Å². The minimum atomic E-state index is -3.94. The molecule has 0 saturated carbocycles. The number of hydrogen-bond donors (Lipinski definition) is 1. The first kappa shape index (κ1) is 21.7. The first-order chi connectivity index (χ1) is 14.3. The highest BCUT2D eigenvalue weighted by atomic mass is 32.2. The van der Waals surface area contributed by atoms with E-state index in [9.17, 15) is 17.6 Å². The predicted octanol–water partition coefficient (Wildman–Crippen LogP) is 4.27. The van der Waals surface area contributed by atoms with Gasteiger partial charge in [0.15, 0.2) is 0 Å². The molecule has 0 heterocycles. The van der Waals surface area contributed by atoms with Crippen molar-refractivity contribution in [3.8, 4) is 0 Å². The Kier molecular flexibility index (Phi) is 6.64. The van der Waals surface area contributed by atoms with Crippen molar-refractivity contribution < 1.29 is 17.6 Å². The molecule has 7 heteroatoms. The maximum atomic E-state index is 13.2. The van der Waals surface area contributed by atoms with Crippen LogP contribution < -0.4 is 5.32 Å². The summed E-state index contributed by atoms with van der Waals surface area (Å²) in [6.45, 7) is 3.35. The van der Waals surface area contributed by atoms with E-state index in [1.807, 2.05) is 32.0 Å². The van der Waals surface area contributed by atoms with Crippen LogP contribution in [0.3, 0.4) is 0 Å². The molecule has 0 fully saturated rings. The van der Waals surface area contributed by atoms with Gasteiger partial charge in [-0.3, -0.25) is 4.79 Å². The molecule has 0 aliphatic carbocycles. The number of rotatable bonds is 7. The van der Waals surface area contributed by atoms with Gasteiger partial charge in [-0.1, -0.05) is 42.5 Å². The zero-order chi connectivity index (χ0) is 21.7. The average Bonchev–Trinajstić information content (AvgIpc) is 2.72. The minimum absolute atomic E-state index is 0.0578. The summed E-state index contributed by atoms with van der Waals surface area (Å²) in [4.78, 5) is 12.8. The van der Waals surface area contributed by atoms with Crippen LogP contribution in [0.2, 0.25) is 0 Å². The first-order valence-corrected chi connectivity index (χ1v) is 10.9. The van der Waals surface area contributed by atoms with E-state index in [1.165, 1.54) is 36.4 Å². The summed E-state index contributed by atoms with van der Waals surface area (Å²) in [7, 11) is -3.94. The van der Waals surface area contributed by atoms with Crippen molar-refractivity contribution in [3.63, 3.8) is 0 Å². The number of sulfonamides is 1. The van der Waals surface area contributed by atoms with Crippen LogP contribution in [-0.4, -0.2) is 25.2 Å². The van der Waals surface area contributed by atoms with Crippen molar-refractivity contribution in [3.05, 3.63) is 95.3 Å². The van der Waals surface area contributed by atoms with Gasteiger partial charge in [0.2, 0.25) is 15.9 Å². The molecule has 156 valence electrons. The van der Waals surface area contributed by atoms with Crippen molar-refractivity contribution in [2.45, 2.75) is 25.3 Å². The van der Waals surface area contributed by atoms with Crippen molar-refractivity contribution in [2.75, 3.05) is 11.9 Å². The van der Waals surface area contributed by atoms with Gasteiger partial charge < -0.3 is 5.32 Å². The normalized spacial score (nSPS) is 11.5. The van der Waals surface area contributed by atoms with Gasteiger partial charge >= 0.3 is 0 Å². The Labute approximate surface area is 176 Å². The molecular weight excluding hydrogens is 403 g/mol. The maximum absolute atomic E-state index is 13.2. The largest absolute Gasteiger partial charge is 0.325 e. The van der Waals surface area contributed by atoms with Gasteiger partial charge in [0, 0.05) is 12.2 Å². The fraction of sp³-hybridized carbons (Fsp3) is 0.174. The highest BCUT2D eigenvalue weighted by Gasteiger charge is 2.27. The van der Waals surface area contributed by atoms with Crippen molar-refractivity contribution in [1.29, 1.82) is 0 Å². The van der Waals surface area contributed by atoms with Crippen LogP contribution in [0.1, 0.15) is 16.7 Å². The van der Waals surface area contributed by atoms with E-state index in [4.69, 9.17) is 0 Å². The lowest BCUT2D eigenvalue weighted by Crippen LogP contribution is -2.37. The highest BCUT2D eigenvalue weighted by Crippen LogP contribution is 2.20. The van der Waals surface area contributed by atoms with Gasteiger partial charge in [-0.25, -0.2) is 12.8 Å². The molecule has 5 nitrogen and oxygen atoms in total. The Balaban J connectivity index is 1.87. The number of anilines is 1. The van der Waals surface area contributed by atoms with Crippen LogP contribution in [0.5, 0.6) is 0 Å². The second-order valence-corrected chi connectivity index (χ2v) is 9.02. The Morgan fingerprint density at radius 3 is 2.30 bits per heavy atom. The second kappa shape index (κ2) is 9.19. The van der Waals surface area contributed by atoms with E-state index in [0.717, 1.165) is 15.4 Å². The number of nitrogens with zero attached hydrogens (tertiary/aromatic N) is 1. The number of halogens is 1. The summed E-state index contributed by atoms with van der Waals surface area (Å²) in [5.41, 5.74) is 3.08. The molecule has 0 unspecified atom stereocenters. The minimum Gasteiger partial charge on any atom is -0.325 e. The molecule has 3 aromatic rings. The van der Waals surface area contributed by atoms with Crippen molar-refractivity contribution in [1.82, 2.24) is 4.31 Å². The lowest BCUT2D eigenvalue weighted by molar-refractivity contribution is -0.116. The molecule has 1 amide bonds. The SMILES string of the molecule is Cc1ccc(C)c(NC(=O)CN(Cc2ccc(F)cc2)S(=O)(=O)c2ccccc2)c1. The number of carbonyl (C=O) groups excluding carboxylic acids is 1. The van der Waals surface area contributed by atoms with E-state index < -0.39 is 21.7 Å². The fourth-order valence-electron chi connectivity index (χ4n) is 2.98. The molecule has 0 saturated heterocycles. The summed E-state index contributed by atoms with van der Waals surface area (Å²) in [6.07, 6.45) is 0. The van der Waals surface area contributed by atoms with Crippen LogP contribution in [0.25, 0.3) is 0 Å². The van der Waals surface area contributed by atoms with Crippen LogP contribution in [0, 0.1) is 19.7 Å². The fourth-order valence-corrected chi connectivity index (χ4v) is 4.39. The zero-order valence-corrected chi connectivity index (χ0v) is 17.6. The average molecular weight is 427 g/mol. The predicted molar refractivity (Wildman–Crippen MR) is 115 cm³/mol. The molecule has 0 spiro atoms. The highest BCUT2D eigenvalue weighted by molar-refractivity contribution is 7.89. The third-order valence-electron chi connectivity index (χ3n) is 4.64. The van der Waals surface area contributed by atoms with Crippen molar-refractivity contribution in [2.24, 2.45) is 0 Å². The lowest BCUT2D eigenvalue weighted by Gasteiger charge is -2.22. The van der Waals surface area contributed by atoms with E-state index in [0.29, 0.717) is 11.3 Å². The molecule has 0 bridgehead atoms. The summed E-state index contributed by atoms with van der Waals surface area (Å²) in [6, 6.07) is 19.1. The molecule has 3 rings (SSSR count). The van der Waals surface area contributed by atoms with E-state index in [2.05, 4.69) is 5.32 Å². The zero-order valence-electron chi connectivity index (χ0n) is 16.8. The number of benzene rings is 3.